The fourth-order valence-corrected chi connectivity index (χ4v) is 3.12. The van der Waals surface area contributed by atoms with E-state index < -0.39 is 53.3 Å². The highest BCUT2D eigenvalue weighted by molar-refractivity contribution is 5.93. The number of nitrogens with zero attached hydrogens (tertiary/aromatic N) is 1. The van der Waals surface area contributed by atoms with Crippen molar-refractivity contribution in [3.05, 3.63) is 70.8 Å². The first-order valence-corrected chi connectivity index (χ1v) is 9.79. The lowest BCUT2D eigenvalue weighted by atomic mass is 10.1. The number of aliphatic hydroxyl groups is 1. The topological polar surface area (TPSA) is 98.6 Å². The minimum Gasteiger partial charge on any atom is -0.475 e. The minimum absolute atomic E-state index is 0.180. The molecule has 6 nitrogen and oxygen atoms in total. The molecule has 11 heteroatoms. The third-order valence-corrected chi connectivity index (χ3v) is 4.69. The molecule has 0 saturated carbocycles. The molecule has 1 heterocycles. The summed E-state index contributed by atoms with van der Waals surface area (Å²) >= 11 is 0. The molecule has 3 N–H and O–H groups in total. The van der Waals surface area contributed by atoms with Gasteiger partial charge in [-0.3, -0.25) is 4.79 Å². The van der Waals surface area contributed by atoms with Gasteiger partial charge in [0.05, 0.1) is 12.2 Å². The molecule has 0 bridgehead atoms. The van der Waals surface area contributed by atoms with Crippen molar-refractivity contribution in [3.8, 4) is 17.0 Å². The Morgan fingerprint density at radius 1 is 1.18 bits per heavy atom. The Bertz CT molecular complexity index is 1140. The monoisotopic (exact) mass is 470 g/mol. The molecule has 1 unspecified atom stereocenters. The zero-order chi connectivity index (χ0) is 24.3. The van der Waals surface area contributed by atoms with Gasteiger partial charge in [0.25, 0.3) is 5.91 Å². The number of carbonyl (C=O) groups excluding carboxylic acids is 1. The van der Waals surface area contributed by atoms with Gasteiger partial charge < -0.3 is 20.0 Å². The van der Waals surface area contributed by atoms with Gasteiger partial charge in [0.1, 0.15) is 22.8 Å². The first-order valence-electron chi connectivity index (χ1n) is 9.79. The highest BCUT2D eigenvalue weighted by Gasteiger charge is 2.31. The van der Waals surface area contributed by atoms with Crippen LogP contribution in [0.3, 0.4) is 0 Å². The number of oxazole rings is 1. The highest BCUT2D eigenvalue weighted by atomic mass is 19.4. The van der Waals surface area contributed by atoms with Crippen LogP contribution in [0.25, 0.3) is 11.3 Å². The van der Waals surface area contributed by atoms with Crippen molar-refractivity contribution in [3.63, 3.8) is 0 Å². The van der Waals surface area contributed by atoms with Crippen molar-refractivity contribution >= 4 is 5.91 Å². The standard InChI is InChI=1S/C22H19F5N2O4/c1-2-3-15-19(11-4-6-12(7-5-11)22(25,26)27)29-21(33-15)16(10-30)32-14-9-8-13(23)17(18(14)24)20(28)31/h4-9,16,30H,2-3,10H2,1H3,(H2,28,31). The summed E-state index contributed by atoms with van der Waals surface area (Å²) in [6.45, 7) is 1.11. The lowest BCUT2D eigenvalue weighted by Crippen LogP contribution is -2.18. The van der Waals surface area contributed by atoms with E-state index in [2.05, 4.69) is 4.98 Å². The van der Waals surface area contributed by atoms with Crippen LogP contribution in [0.1, 0.15) is 47.0 Å². The van der Waals surface area contributed by atoms with E-state index in [1.807, 2.05) is 6.92 Å². The molecule has 0 aliphatic carbocycles. The number of rotatable bonds is 8. The summed E-state index contributed by atoms with van der Waals surface area (Å²) in [6.07, 6.45) is -4.87. The number of aliphatic hydroxyl groups excluding tert-OH is 1. The Labute approximate surface area is 184 Å². The van der Waals surface area contributed by atoms with Gasteiger partial charge in [-0.05, 0) is 30.7 Å². The molecule has 0 fully saturated rings. The summed E-state index contributed by atoms with van der Waals surface area (Å²) in [4.78, 5) is 15.6. The summed E-state index contributed by atoms with van der Waals surface area (Å²) in [5, 5.41) is 9.75. The molecular formula is C22H19F5N2O4. The maximum atomic E-state index is 14.5. The number of halogens is 5. The van der Waals surface area contributed by atoms with E-state index in [4.69, 9.17) is 14.9 Å². The molecule has 0 aliphatic heterocycles. The number of aromatic nitrogens is 1. The van der Waals surface area contributed by atoms with Crippen LogP contribution in [0.2, 0.25) is 0 Å². The van der Waals surface area contributed by atoms with E-state index in [-0.39, 0.29) is 11.6 Å². The molecule has 0 aliphatic rings. The largest absolute Gasteiger partial charge is 0.475 e. The molecule has 3 aromatic rings. The fourth-order valence-electron chi connectivity index (χ4n) is 3.12. The molecule has 176 valence electrons. The summed E-state index contributed by atoms with van der Waals surface area (Å²) in [7, 11) is 0. The number of hydrogen-bond acceptors (Lipinski definition) is 5. The molecule has 1 aromatic heterocycles. The number of aryl methyl sites for hydroxylation is 1. The van der Waals surface area contributed by atoms with Crippen LogP contribution in [0, 0.1) is 11.6 Å². The Morgan fingerprint density at radius 2 is 1.85 bits per heavy atom. The third kappa shape index (κ3) is 5.14. The van der Waals surface area contributed by atoms with Crippen LogP contribution in [0.15, 0.2) is 40.8 Å². The van der Waals surface area contributed by atoms with Gasteiger partial charge >= 0.3 is 6.18 Å². The van der Waals surface area contributed by atoms with Crippen LogP contribution in [-0.4, -0.2) is 22.6 Å². The molecule has 33 heavy (non-hydrogen) atoms. The summed E-state index contributed by atoms with van der Waals surface area (Å²) in [5.74, 6) is -4.31. The molecule has 0 saturated heterocycles. The summed E-state index contributed by atoms with van der Waals surface area (Å²) in [6, 6.07) is 5.96. The molecule has 2 aromatic carbocycles. The van der Waals surface area contributed by atoms with Crippen molar-refractivity contribution in [2.24, 2.45) is 5.73 Å². The number of alkyl halides is 3. The zero-order valence-corrected chi connectivity index (χ0v) is 17.2. The Balaban J connectivity index is 1.97. The lowest BCUT2D eigenvalue weighted by Gasteiger charge is -2.15. The molecule has 0 radical (unpaired) electrons. The quantitative estimate of drug-likeness (QED) is 0.461. The van der Waals surface area contributed by atoms with Crippen LogP contribution >= 0.6 is 0 Å². The molecule has 3 rings (SSSR count). The predicted molar refractivity (Wildman–Crippen MR) is 106 cm³/mol. The average molecular weight is 470 g/mol. The maximum absolute atomic E-state index is 14.5. The molecule has 0 spiro atoms. The number of hydrogen-bond donors (Lipinski definition) is 2. The van der Waals surface area contributed by atoms with Crippen molar-refractivity contribution < 1.29 is 41.0 Å². The summed E-state index contributed by atoms with van der Waals surface area (Å²) < 4.78 is 77.8. The fraction of sp³-hybridized carbons (Fsp3) is 0.273. The van der Waals surface area contributed by atoms with Gasteiger partial charge in [-0.1, -0.05) is 19.1 Å². The number of ether oxygens (including phenoxy) is 1. The first-order chi connectivity index (χ1) is 15.6. The maximum Gasteiger partial charge on any atom is 0.416 e. The number of primary amides is 1. The normalized spacial score (nSPS) is 12.6. The van der Waals surface area contributed by atoms with E-state index in [1.54, 1.807) is 0 Å². The van der Waals surface area contributed by atoms with E-state index >= 15 is 0 Å². The molecular weight excluding hydrogens is 451 g/mol. The van der Waals surface area contributed by atoms with Gasteiger partial charge in [0, 0.05) is 12.0 Å². The van der Waals surface area contributed by atoms with Crippen molar-refractivity contribution in [1.29, 1.82) is 0 Å². The molecule has 1 amide bonds. The highest BCUT2D eigenvalue weighted by Crippen LogP contribution is 2.34. The Kier molecular flexibility index (Phi) is 7.01. The van der Waals surface area contributed by atoms with E-state index in [9.17, 15) is 31.9 Å². The number of nitrogens with two attached hydrogens (primary N) is 1. The van der Waals surface area contributed by atoms with E-state index in [0.29, 0.717) is 24.2 Å². The summed E-state index contributed by atoms with van der Waals surface area (Å²) in [5.41, 5.74) is 3.72. The smallest absolute Gasteiger partial charge is 0.416 e. The van der Waals surface area contributed by atoms with Crippen molar-refractivity contribution in [2.75, 3.05) is 6.61 Å². The van der Waals surface area contributed by atoms with Gasteiger partial charge in [0.2, 0.25) is 5.89 Å². The van der Waals surface area contributed by atoms with Crippen LogP contribution in [0.5, 0.6) is 5.75 Å². The Morgan fingerprint density at radius 3 is 2.39 bits per heavy atom. The number of benzene rings is 2. The first kappa shape index (κ1) is 24.2. The number of carbonyl (C=O) groups is 1. The number of amides is 1. The van der Waals surface area contributed by atoms with Crippen LogP contribution in [0.4, 0.5) is 22.0 Å². The van der Waals surface area contributed by atoms with Gasteiger partial charge in [-0.25, -0.2) is 13.8 Å². The third-order valence-electron chi connectivity index (χ3n) is 4.69. The van der Waals surface area contributed by atoms with Crippen molar-refractivity contribution in [1.82, 2.24) is 4.98 Å². The second-order valence-electron chi connectivity index (χ2n) is 7.04. The average Bonchev–Trinajstić information content (AvgIpc) is 3.16. The second kappa shape index (κ2) is 9.57. The van der Waals surface area contributed by atoms with E-state index in [0.717, 1.165) is 24.3 Å². The van der Waals surface area contributed by atoms with Gasteiger partial charge in [-0.2, -0.15) is 13.2 Å². The SMILES string of the molecule is CCCc1oc(C(CO)Oc2ccc(F)c(C(N)=O)c2F)nc1-c1ccc(C(F)(F)F)cc1. The Hall–Kier alpha value is -3.47. The van der Waals surface area contributed by atoms with E-state index in [1.165, 1.54) is 12.1 Å². The van der Waals surface area contributed by atoms with Gasteiger partial charge in [0.15, 0.2) is 17.7 Å². The van der Waals surface area contributed by atoms with Gasteiger partial charge in [-0.15, -0.1) is 0 Å². The minimum atomic E-state index is -4.50. The zero-order valence-electron chi connectivity index (χ0n) is 17.2. The van der Waals surface area contributed by atoms with Crippen LogP contribution in [-0.2, 0) is 12.6 Å². The van der Waals surface area contributed by atoms with Crippen LogP contribution < -0.4 is 10.5 Å². The second-order valence-corrected chi connectivity index (χ2v) is 7.04. The molecule has 1 atom stereocenters. The predicted octanol–water partition coefficient (Wildman–Crippen LogP) is 4.80. The van der Waals surface area contributed by atoms with Crippen molar-refractivity contribution in [2.45, 2.75) is 32.0 Å². The lowest BCUT2D eigenvalue weighted by molar-refractivity contribution is -0.137.